The Labute approximate surface area is 109 Å². The number of hydrogen-bond donors (Lipinski definition) is 0. The number of nitrogens with zero attached hydrogens (tertiary/aromatic N) is 3. The van der Waals surface area contributed by atoms with Crippen LogP contribution < -0.4 is 16.0 Å². The summed E-state index contributed by atoms with van der Waals surface area (Å²) in [4.78, 5) is 28.0. The Morgan fingerprint density at radius 1 is 1.26 bits per heavy atom. The first-order valence-corrected chi connectivity index (χ1v) is 5.96. The van der Waals surface area contributed by atoms with Gasteiger partial charge in [0.05, 0.1) is 19.3 Å². The second-order valence-corrected chi connectivity index (χ2v) is 3.98. The van der Waals surface area contributed by atoms with Crippen LogP contribution in [-0.2, 0) is 13.1 Å². The molecular formula is C13H15N3O3. The van der Waals surface area contributed by atoms with Gasteiger partial charge in [-0.2, -0.15) is 0 Å². The van der Waals surface area contributed by atoms with Gasteiger partial charge in [0.25, 0.3) is 5.56 Å². The molecular weight excluding hydrogens is 246 g/mol. The van der Waals surface area contributed by atoms with E-state index in [-0.39, 0.29) is 17.8 Å². The zero-order valence-corrected chi connectivity index (χ0v) is 10.9. The summed E-state index contributed by atoms with van der Waals surface area (Å²) < 4.78 is 7.65. The SMILES string of the molecule is CCn1ccc(=O)n(Cc2cccc(OC)n2)c1=O. The fourth-order valence-corrected chi connectivity index (χ4v) is 1.76. The van der Waals surface area contributed by atoms with Gasteiger partial charge in [-0.1, -0.05) is 6.07 Å². The van der Waals surface area contributed by atoms with Crippen molar-refractivity contribution in [1.82, 2.24) is 14.1 Å². The highest BCUT2D eigenvalue weighted by Gasteiger charge is 2.06. The highest BCUT2D eigenvalue weighted by molar-refractivity contribution is 5.16. The molecule has 100 valence electrons. The van der Waals surface area contributed by atoms with E-state index in [1.54, 1.807) is 18.2 Å². The van der Waals surface area contributed by atoms with Gasteiger partial charge in [0, 0.05) is 24.9 Å². The van der Waals surface area contributed by atoms with Crippen LogP contribution in [0.2, 0.25) is 0 Å². The van der Waals surface area contributed by atoms with E-state index in [0.29, 0.717) is 18.1 Å². The lowest BCUT2D eigenvalue weighted by Crippen LogP contribution is -2.39. The topological polar surface area (TPSA) is 66.1 Å². The minimum absolute atomic E-state index is 0.135. The summed E-state index contributed by atoms with van der Waals surface area (Å²) in [5.74, 6) is 0.456. The molecule has 0 spiro atoms. The van der Waals surface area contributed by atoms with E-state index >= 15 is 0 Å². The first-order chi connectivity index (χ1) is 9.15. The molecule has 0 aromatic carbocycles. The summed E-state index contributed by atoms with van der Waals surface area (Å²) in [5, 5.41) is 0. The maximum Gasteiger partial charge on any atom is 0.331 e. The summed E-state index contributed by atoms with van der Waals surface area (Å²) in [5.41, 5.74) is -0.0636. The van der Waals surface area contributed by atoms with Gasteiger partial charge in [-0.15, -0.1) is 0 Å². The predicted octanol–water partition coefficient (Wildman–Crippen LogP) is 0.482. The van der Waals surface area contributed by atoms with Gasteiger partial charge in [-0.05, 0) is 13.0 Å². The summed E-state index contributed by atoms with van der Waals surface area (Å²) >= 11 is 0. The van der Waals surface area contributed by atoms with Crippen molar-refractivity contribution in [3.63, 3.8) is 0 Å². The fraction of sp³-hybridized carbons (Fsp3) is 0.308. The summed E-state index contributed by atoms with van der Waals surface area (Å²) in [7, 11) is 1.52. The van der Waals surface area contributed by atoms with Gasteiger partial charge in [0.2, 0.25) is 5.88 Å². The molecule has 19 heavy (non-hydrogen) atoms. The van der Waals surface area contributed by atoms with Crippen molar-refractivity contribution >= 4 is 0 Å². The van der Waals surface area contributed by atoms with E-state index < -0.39 is 0 Å². The molecule has 2 aromatic rings. The Morgan fingerprint density at radius 2 is 2.05 bits per heavy atom. The van der Waals surface area contributed by atoms with Crippen LogP contribution in [0.1, 0.15) is 12.6 Å². The largest absolute Gasteiger partial charge is 0.481 e. The number of rotatable bonds is 4. The third kappa shape index (κ3) is 2.73. The van der Waals surface area contributed by atoms with E-state index in [0.717, 1.165) is 4.57 Å². The fourth-order valence-electron chi connectivity index (χ4n) is 1.76. The molecule has 2 aromatic heterocycles. The minimum Gasteiger partial charge on any atom is -0.481 e. The van der Waals surface area contributed by atoms with Crippen LogP contribution in [0.4, 0.5) is 0 Å². The molecule has 0 unspecified atom stereocenters. The normalized spacial score (nSPS) is 10.4. The van der Waals surface area contributed by atoms with Gasteiger partial charge in [-0.25, -0.2) is 9.78 Å². The van der Waals surface area contributed by atoms with Crippen molar-refractivity contribution in [2.45, 2.75) is 20.0 Å². The third-order valence-corrected chi connectivity index (χ3v) is 2.79. The zero-order chi connectivity index (χ0) is 13.8. The molecule has 0 N–H and O–H groups in total. The Bertz CT molecular complexity index is 688. The average Bonchev–Trinajstić information content (AvgIpc) is 2.44. The molecule has 0 aliphatic heterocycles. The number of aryl methyl sites for hydroxylation is 1. The van der Waals surface area contributed by atoms with Crippen LogP contribution in [0, 0.1) is 0 Å². The van der Waals surface area contributed by atoms with Gasteiger partial charge in [0.15, 0.2) is 0 Å². The molecule has 0 aliphatic rings. The van der Waals surface area contributed by atoms with Crippen molar-refractivity contribution in [2.24, 2.45) is 0 Å². The molecule has 0 saturated carbocycles. The Kier molecular flexibility index (Phi) is 3.79. The highest BCUT2D eigenvalue weighted by Crippen LogP contribution is 2.06. The van der Waals surface area contributed by atoms with Gasteiger partial charge in [0.1, 0.15) is 0 Å². The molecule has 2 heterocycles. The number of methoxy groups -OCH3 is 1. The van der Waals surface area contributed by atoms with Gasteiger partial charge in [-0.3, -0.25) is 9.36 Å². The van der Waals surface area contributed by atoms with Crippen molar-refractivity contribution in [3.05, 3.63) is 57.0 Å². The Hall–Kier alpha value is -2.37. The summed E-state index contributed by atoms with van der Waals surface area (Å²) in [6.45, 7) is 2.50. The van der Waals surface area contributed by atoms with Crippen molar-refractivity contribution in [3.8, 4) is 5.88 Å². The lowest BCUT2D eigenvalue weighted by atomic mass is 10.3. The van der Waals surface area contributed by atoms with E-state index in [1.165, 1.54) is 23.9 Å². The van der Waals surface area contributed by atoms with E-state index in [4.69, 9.17) is 4.74 Å². The number of ether oxygens (including phenoxy) is 1. The monoisotopic (exact) mass is 261 g/mol. The molecule has 0 aliphatic carbocycles. The lowest BCUT2D eigenvalue weighted by molar-refractivity contribution is 0.395. The van der Waals surface area contributed by atoms with Gasteiger partial charge >= 0.3 is 5.69 Å². The van der Waals surface area contributed by atoms with Crippen molar-refractivity contribution < 1.29 is 4.74 Å². The van der Waals surface area contributed by atoms with Crippen LogP contribution in [0.5, 0.6) is 5.88 Å². The molecule has 0 fully saturated rings. The molecule has 0 saturated heterocycles. The molecule has 0 amide bonds. The smallest absolute Gasteiger partial charge is 0.331 e. The average molecular weight is 261 g/mol. The second-order valence-electron chi connectivity index (χ2n) is 3.98. The standard InChI is InChI=1S/C13H15N3O3/c1-3-15-8-7-12(17)16(13(15)18)9-10-5-4-6-11(14-10)19-2/h4-8H,3,9H2,1-2H3. The molecule has 0 atom stereocenters. The van der Waals surface area contributed by atoms with Crippen molar-refractivity contribution in [2.75, 3.05) is 7.11 Å². The van der Waals surface area contributed by atoms with Crippen LogP contribution in [0.3, 0.4) is 0 Å². The maximum absolute atomic E-state index is 12.0. The van der Waals surface area contributed by atoms with Crippen LogP contribution >= 0.6 is 0 Å². The summed E-state index contributed by atoms with van der Waals surface area (Å²) in [6, 6.07) is 6.61. The molecule has 2 rings (SSSR count). The zero-order valence-electron chi connectivity index (χ0n) is 10.9. The van der Waals surface area contributed by atoms with E-state index in [2.05, 4.69) is 4.98 Å². The van der Waals surface area contributed by atoms with Gasteiger partial charge < -0.3 is 9.30 Å². The number of pyridine rings is 1. The molecule has 6 heteroatoms. The minimum atomic E-state index is -0.334. The Balaban J connectivity index is 2.43. The number of aromatic nitrogens is 3. The van der Waals surface area contributed by atoms with Crippen LogP contribution in [0.25, 0.3) is 0 Å². The lowest BCUT2D eigenvalue weighted by Gasteiger charge is -2.08. The summed E-state index contributed by atoms with van der Waals surface area (Å²) in [6.07, 6.45) is 1.50. The number of hydrogen-bond acceptors (Lipinski definition) is 4. The molecule has 0 bridgehead atoms. The first-order valence-electron chi connectivity index (χ1n) is 5.96. The quantitative estimate of drug-likeness (QED) is 0.803. The van der Waals surface area contributed by atoms with Crippen LogP contribution in [-0.4, -0.2) is 21.2 Å². The Morgan fingerprint density at radius 3 is 2.74 bits per heavy atom. The van der Waals surface area contributed by atoms with E-state index in [1.807, 2.05) is 6.92 Å². The third-order valence-electron chi connectivity index (χ3n) is 2.79. The second kappa shape index (κ2) is 5.51. The van der Waals surface area contributed by atoms with Crippen LogP contribution in [0.15, 0.2) is 40.1 Å². The molecule has 0 radical (unpaired) electrons. The predicted molar refractivity (Wildman–Crippen MR) is 70.5 cm³/mol. The van der Waals surface area contributed by atoms with Crippen molar-refractivity contribution in [1.29, 1.82) is 0 Å². The molecule has 6 nitrogen and oxygen atoms in total. The van der Waals surface area contributed by atoms with E-state index in [9.17, 15) is 9.59 Å². The first kappa shape index (κ1) is 13.1. The maximum atomic E-state index is 12.0. The highest BCUT2D eigenvalue weighted by atomic mass is 16.5.